The molecule has 31 heavy (non-hydrogen) atoms. The number of amides is 2. The quantitative estimate of drug-likeness (QED) is 0.688. The highest BCUT2D eigenvalue weighted by Crippen LogP contribution is 2.25. The van der Waals surface area contributed by atoms with Crippen LogP contribution in [0.2, 0.25) is 0 Å². The van der Waals surface area contributed by atoms with Crippen molar-refractivity contribution in [1.82, 2.24) is 9.80 Å². The highest BCUT2D eigenvalue weighted by atomic mass is 16.6. The molecule has 6 heteroatoms. The van der Waals surface area contributed by atoms with Crippen LogP contribution in [0.4, 0.5) is 4.79 Å². The smallest absolute Gasteiger partial charge is 0.410 e. The zero-order valence-electron chi connectivity index (χ0n) is 19.6. The van der Waals surface area contributed by atoms with Crippen LogP contribution in [0.3, 0.4) is 0 Å². The fourth-order valence-corrected chi connectivity index (χ4v) is 4.43. The maximum atomic E-state index is 13.4. The van der Waals surface area contributed by atoms with Gasteiger partial charge in [-0.3, -0.25) is 4.79 Å². The third-order valence-corrected chi connectivity index (χ3v) is 6.12. The Hall–Kier alpha value is -2.08. The zero-order valence-corrected chi connectivity index (χ0v) is 19.6. The number of hydrogen-bond donors (Lipinski definition) is 0. The molecule has 0 N–H and O–H groups in total. The van der Waals surface area contributed by atoms with Crippen molar-refractivity contribution in [2.24, 2.45) is 5.92 Å². The summed E-state index contributed by atoms with van der Waals surface area (Å²) >= 11 is 0. The van der Waals surface area contributed by atoms with Crippen LogP contribution >= 0.6 is 0 Å². The number of benzene rings is 1. The molecule has 0 saturated carbocycles. The first kappa shape index (κ1) is 23.6. The molecule has 6 nitrogen and oxygen atoms in total. The van der Waals surface area contributed by atoms with Crippen molar-refractivity contribution in [3.8, 4) is 0 Å². The standard InChI is InChI=1S/C25H38N2O4/c1-19-6-5-7-21(16-19)18-27(23(28)17-20-10-14-30-15-11-20)22-8-12-26(13-9-22)24(29)31-25(2,3)4/h5-7,16,20,22H,8-15,17-18H2,1-4H3. The molecular formula is C25H38N2O4. The average Bonchev–Trinajstić information content (AvgIpc) is 2.72. The first-order valence-corrected chi connectivity index (χ1v) is 11.6. The number of carbonyl (C=O) groups excluding carboxylic acids is 2. The van der Waals surface area contributed by atoms with Crippen molar-refractivity contribution >= 4 is 12.0 Å². The molecule has 1 aromatic carbocycles. The van der Waals surface area contributed by atoms with Crippen molar-refractivity contribution in [3.63, 3.8) is 0 Å². The third kappa shape index (κ3) is 7.23. The lowest BCUT2D eigenvalue weighted by Gasteiger charge is -2.39. The van der Waals surface area contributed by atoms with Crippen LogP contribution in [0.1, 0.15) is 64.0 Å². The van der Waals surface area contributed by atoms with Crippen LogP contribution < -0.4 is 0 Å². The van der Waals surface area contributed by atoms with E-state index in [0.29, 0.717) is 32.0 Å². The van der Waals surface area contributed by atoms with Gasteiger partial charge in [-0.2, -0.15) is 0 Å². The number of rotatable bonds is 5. The molecule has 0 aliphatic carbocycles. The highest BCUT2D eigenvalue weighted by Gasteiger charge is 2.32. The first-order chi connectivity index (χ1) is 14.7. The third-order valence-electron chi connectivity index (χ3n) is 6.12. The second-order valence-electron chi connectivity index (χ2n) is 9.97. The minimum absolute atomic E-state index is 0.145. The molecule has 0 spiro atoms. The normalized spacial score (nSPS) is 18.6. The Morgan fingerprint density at radius 2 is 1.81 bits per heavy atom. The SMILES string of the molecule is Cc1cccc(CN(C(=O)CC2CCOCC2)C2CCN(C(=O)OC(C)(C)C)CC2)c1. The Bertz CT molecular complexity index is 744. The molecule has 172 valence electrons. The van der Waals surface area contributed by atoms with E-state index in [1.54, 1.807) is 4.90 Å². The minimum atomic E-state index is -0.495. The Morgan fingerprint density at radius 1 is 1.13 bits per heavy atom. The lowest BCUT2D eigenvalue weighted by Crippen LogP contribution is -2.49. The molecule has 0 radical (unpaired) electrons. The molecule has 1 aromatic rings. The van der Waals surface area contributed by atoms with E-state index in [0.717, 1.165) is 44.5 Å². The van der Waals surface area contributed by atoms with Gasteiger partial charge in [0.25, 0.3) is 0 Å². The number of aryl methyl sites for hydroxylation is 1. The topological polar surface area (TPSA) is 59.1 Å². The molecule has 2 amide bonds. The summed E-state index contributed by atoms with van der Waals surface area (Å²) in [5.74, 6) is 0.632. The van der Waals surface area contributed by atoms with Gasteiger partial charge in [0, 0.05) is 45.3 Å². The van der Waals surface area contributed by atoms with E-state index in [4.69, 9.17) is 9.47 Å². The van der Waals surface area contributed by atoms with Gasteiger partial charge in [0.15, 0.2) is 0 Å². The summed E-state index contributed by atoms with van der Waals surface area (Å²) < 4.78 is 11.0. The van der Waals surface area contributed by atoms with Gasteiger partial charge >= 0.3 is 6.09 Å². The molecule has 3 rings (SSSR count). The van der Waals surface area contributed by atoms with Gasteiger partial charge in [-0.05, 0) is 64.9 Å². The summed E-state index contributed by atoms with van der Waals surface area (Å²) in [4.78, 5) is 29.6. The fourth-order valence-electron chi connectivity index (χ4n) is 4.43. The molecule has 0 aromatic heterocycles. The first-order valence-electron chi connectivity index (χ1n) is 11.6. The van der Waals surface area contributed by atoms with Crippen LogP contribution in [0.25, 0.3) is 0 Å². The largest absolute Gasteiger partial charge is 0.444 e. The van der Waals surface area contributed by atoms with Gasteiger partial charge in [0.2, 0.25) is 5.91 Å². The molecule has 0 unspecified atom stereocenters. The second-order valence-corrected chi connectivity index (χ2v) is 9.97. The van der Waals surface area contributed by atoms with Crippen molar-refractivity contribution in [1.29, 1.82) is 0 Å². The van der Waals surface area contributed by atoms with Crippen LogP contribution in [0, 0.1) is 12.8 Å². The van der Waals surface area contributed by atoms with Crippen molar-refractivity contribution in [2.75, 3.05) is 26.3 Å². The summed E-state index contributed by atoms with van der Waals surface area (Å²) in [7, 11) is 0. The average molecular weight is 431 g/mol. The van der Waals surface area contributed by atoms with E-state index in [-0.39, 0.29) is 18.0 Å². The predicted octanol–water partition coefficient (Wildman–Crippen LogP) is 4.54. The van der Waals surface area contributed by atoms with Crippen LogP contribution in [0.5, 0.6) is 0 Å². The maximum absolute atomic E-state index is 13.4. The molecule has 2 heterocycles. The summed E-state index contributed by atoms with van der Waals surface area (Å²) in [6.45, 7) is 11.1. The van der Waals surface area contributed by atoms with Gasteiger partial charge < -0.3 is 19.3 Å². The van der Waals surface area contributed by atoms with Crippen molar-refractivity contribution in [3.05, 3.63) is 35.4 Å². The van der Waals surface area contributed by atoms with Crippen molar-refractivity contribution < 1.29 is 19.1 Å². The van der Waals surface area contributed by atoms with E-state index < -0.39 is 5.60 Å². The predicted molar refractivity (Wildman–Crippen MR) is 121 cm³/mol. The molecule has 0 bridgehead atoms. The number of piperidine rings is 1. The van der Waals surface area contributed by atoms with E-state index in [2.05, 4.69) is 36.1 Å². The monoisotopic (exact) mass is 430 g/mol. The number of hydrogen-bond acceptors (Lipinski definition) is 4. The second kappa shape index (κ2) is 10.5. The molecular weight excluding hydrogens is 392 g/mol. The van der Waals surface area contributed by atoms with Crippen LogP contribution in [0.15, 0.2) is 24.3 Å². The van der Waals surface area contributed by atoms with Gasteiger partial charge in [-0.25, -0.2) is 4.79 Å². The van der Waals surface area contributed by atoms with E-state index >= 15 is 0 Å². The number of nitrogens with zero attached hydrogens (tertiary/aromatic N) is 2. The summed E-state index contributed by atoms with van der Waals surface area (Å²) in [5, 5.41) is 0. The zero-order chi connectivity index (χ0) is 22.4. The number of ether oxygens (including phenoxy) is 2. The van der Waals surface area contributed by atoms with Gasteiger partial charge in [-0.1, -0.05) is 29.8 Å². The highest BCUT2D eigenvalue weighted by molar-refractivity contribution is 5.77. The molecule has 2 aliphatic heterocycles. The van der Waals surface area contributed by atoms with Gasteiger partial charge in [-0.15, -0.1) is 0 Å². The maximum Gasteiger partial charge on any atom is 0.410 e. The van der Waals surface area contributed by atoms with Crippen LogP contribution in [-0.2, 0) is 20.8 Å². The summed E-state index contributed by atoms with van der Waals surface area (Å²) in [6.07, 6.45) is 3.81. The van der Waals surface area contributed by atoms with Crippen molar-refractivity contribution in [2.45, 2.75) is 78.0 Å². The fraction of sp³-hybridized carbons (Fsp3) is 0.680. The van der Waals surface area contributed by atoms with Crippen LogP contribution in [-0.4, -0.2) is 59.7 Å². The number of likely N-dealkylation sites (tertiary alicyclic amines) is 1. The summed E-state index contributed by atoms with van der Waals surface area (Å²) in [6, 6.07) is 8.53. The lowest BCUT2D eigenvalue weighted by atomic mass is 9.94. The van der Waals surface area contributed by atoms with E-state index in [9.17, 15) is 9.59 Å². The minimum Gasteiger partial charge on any atom is -0.444 e. The Labute approximate surface area is 186 Å². The summed E-state index contributed by atoms with van der Waals surface area (Å²) in [5.41, 5.74) is 1.87. The van der Waals surface area contributed by atoms with E-state index in [1.807, 2.05) is 20.8 Å². The molecule has 2 fully saturated rings. The van der Waals surface area contributed by atoms with E-state index in [1.165, 1.54) is 5.56 Å². The van der Waals surface area contributed by atoms with Gasteiger partial charge in [0.05, 0.1) is 0 Å². The van der Waals surface area contributed by atoms with Gasteiger partial charge in [0.1, 0.15) is 5.60 Å². The Kier molecular flexibility index (Phi) is 7.98. The Balaban J connectivity index is 1.66. The Morgan fingerprint density at radius 3 is 2.42 bits per heavy atom. The molecule has 2 saturated heterocycles. The molecule has 0 atom stereocenters. The lowest BCUT2D eigenvalue weighted by molar-refractivity contribution is -0.137. The number of carbonyl (C=O) groups is 2. The molecule has 2 aliphatic rings.